The molecule has 0 aliphatic heterocycles. The van der Waals surface area contributed by atoms with Gasteiger partial charge in [0.05, 0.1) is 12.1 Å². The van der Waals surface area contributed by atoms with Gasteiger partial charge >= 0.3 is 0 Å². The molecule has 92 valence electrons. The summed E-state index contributed by atoms with van der Waals surface area (Å²) >= 11 is 0. The van der Waals surface area contributed by atoms with Crippen LogP contribution in [0.15, 0.2) is 36.7 Å². The maximum atomic E-state index is 9.10. The number of hydrogen-bond donors (Lipinski definition) is 0. The summed E-state index contributed by atoms with van der Waals surface area (Å²) in [4.78, 5) is 8.33. The van der Waals surface area contributed by atoms with Gasteiger partial charge < -0.3 is 0 Å². The molecule has 0 amide bonds. The number of benzene rings is 1. The molecule has 1 aromatic carbocycles. The van der Waals surface area contributed by atoms with Gasteiger partial charge in [0, 0.05) is 23.3 Å². The first-order valence-electron chi connectivity index (χ1n) is 5.91. The standard InChI is InChI=1S/C14H11N5/c1-10-16-7-11(8-17-10)9-19-14-5-3-2-4-12(14)13(6-15)18-19/h2-5,7-8H,9H2,1H3. The number of para-hydroxylation sites is 1. The van der Waals surface area contributed by atoms with E-state index in [0.29, 0.717) is 12.2 Å². The minimum atomic E-state index is 0.448. The summed E-state index contributed by atoms with van der Waals surface area (Å²) < 4.78 is 1.81. The van der Waals surface area contributed by atoms with E-state index in [1.807, 2.05) is 35.9 Å². The zero-order chi connectivity index (χ0) is 13.2. The molecule has 5 heteroatoms. The first-order valence-corrected chi connectivity index (χ1v) is 5.91. The average molecular weight is 249 g/mol. The number of fused-ring (bicyclic) bond motifs is 1. The predicted molar refractivity (Wildman–Crippen MR) is 70.3 cm³/mol. The van der Waals surface area contributed by atoms with Crippen LogP contribution in [0.3, 0.4) is 0 Å². The highest BCUT2D eigenvalue weighted by Crippen LogP contribution is 2.18. The highest BCUT2D eigenvalue weighted by molar-refractivity contribution is 5.84. The lowest BCUT2D eigenvalue weighted by molar-refractivity contribution is 0.702. The van der Waals surface area contributed by atoms with Crippen molar-refractivity contribution in [1.82, 2.24) is 19.7 Å². The fourth-order valence-electron chi connectivity index (χ4n) is 2.00. The Morgan fingerprint density at radius 3 is 2.68 bits per heavy atom. The number of aromatic nitrogens is 4. The Morgan fingerprint density at radius 1 is 1.21 bits per heavy atom. The van der Waals surface area contributed by atoms with E-state index in [4.69, 9.17) is 5.26 Å². The Labute approximate surface area is 110 Å². The van der Waals surface area contributed by atoms with Gasteiger partial charge in [-0.3, -0.25) is 4.68 Å². The number of aryl methyl sites for hydroxylation is 1. The third kappa shape index (κ3) is 2.04. The maximum absolute atomic E-state index is 9.10. The molecular formula is C14H11N5. The van der Waals surface area contributed by atoms with Gasteiger partial charge in [0.2, 0.25) is 0 Å². The zero-order valence-corrected chi connectivity index (χ0v) is 10.4. The summed E-state index contributed by atoms with van der Waals surface area (Å²) in [6.45, 7) is 2.41. The Bertz CT molecular complexity index is 765. The number of nitrogens with zero attached hydrogens (tertiary/aromatic N) is 5. The van der Waals surface area contributed by atoms with Crippen molar-refractivity contribution >= 4 is 10.9 Å². The van der Waals surface area contributed by atoms with E-state index >= 15 is 0 Å². The molecule has 19 heavy (non-hydrogen) atoms. The fourth-order valence-corrected chi connectivity index (χ4v) is 2.00. The second-order valence-corrected chi connectivity index (χ2v) is 4.27. The third-order valence-corrected chi connectivity index (χ3v) is 2.93. The number of hydrogen-bond acceptors (Lipinski definition) is 4. The first-order chi connectivity index (χ1) is 9.28. The molecule has 0 saturated carbocycles. The van der Waals surface area contributed by atoms with E-state index in [1.165, 1.54) is 0 Å². The normalized spacial score (nSPS) is 10.5. The maximum Gasteiger partial charge on any atom is 0.170 e. The van der Waals surface area contributed by atoms with E-state index in [2.05, 4.69) is 21.1 Å². The lowest BCUT2D eigenvalue weighted by atomic mass is 10.2. The van der Waals surface area contributed by atoms with Gasteiger partial charge in [-0.05, 0) is 19.1 Å². The predicted octanol–water partition coefficient (Wildman–Crippen LogP) is 2.05. The Hall–Kier alpha value is -2.74. The lowest BCUT2D eigenvalue weighted by Gasteiger charge is -2.03. The van der Waals surface area contributed by atoms with Crippen molar-refractivity contribution in [2.45, 2.75) is 13.5 Å². The van der Waals surface area contributed by atoms with Crippen LogP contribution in [0.2, 0.25) is 0 Å². The molecule has 0 spiro atoms. The van der Waals surface area contributed by atoms with Crippen molar-refractivity contribution in [3.05, 3.63) is 53.7 Å². The first kappa shape index (κ1) is 11.4. The van der Waals surface area contributed by atoms with E-state index < -0.39 is 0 Å². The van der Waals surface area contributed by atoms with Crippen LogP contribution in [-0.4, -0.2) is 19.7 Å². The molecule has 0 fully saturated rings. The fraction of sp³-hybridized carbons (Fsp3) is 0.143. The molecule has 3 rings (SSSR count). The highest BCUT2D eigenvalue weighted by atomic mass is 15.3. The molecule has 2 aromatic heterocycles. The molecule has 2 heterocycles. The van der Waals surface area contributed by atoms with Crippen molar-refractivity contribution in [1.29, 1.82) is 5.26 Å². The minimum Gasteiger partial charge on any atom is -0.259 e. The zero-order valence-electron chi connectivity index (χ0n) is 10.4. The van der Waals surface area contributed by atoms with Crippen LogP contribution in [0, 0.1) is 18.3 Å². The van der Waals surface area contributed by atoms with Crippen LogP contribution in [0.1, 0.15) is 17.1 Å². The molecule has 0 unspecified atom stereocenters. The molecule has 0 aliphatic rings. The third-order valence-electron chi connectivity index (χ3n) is 2.93. The summed E-state index contributed by atoms with van der Waals surface area (Å²) in [5.41, 5.74) is 2.35. The van der Waals surface area contributed by atoms with E-state index in [-0.39, 0.29) is 0 Å². The van der Waals surface area contributed by atoms with E-state index in [1.54, 1.807) is 12.4 Å². The smallest absolute Gasteiger partial charge is 0.170 e. The lowest BCUT2D eigenvalue weighted by Crippen LogP contribution is -2.03. The topological polar surface area (TPSA) is 67.4 Å². The van der Waals surface area contributed by atoms with Crippen LogP contribution in [0.4, 0.5) is 0 Å². The molecule has 0 radical (unpaired) electrons. The number of nitriles is 1. The largest absolute Gasteiger partial charge is 0.259 e. The Kier molecular flexibility index (Phi) is 2.69. The summed E-state index contributed by atoms with van der Waals surface area (Å²) in [6.07, 6.45) is 3.57. The monoisotopic (exact) mass is 249 g/mol. The van der Waals surface area contributed by atoms with Crippen molar-refractivity contribution < 1.29 is 0 Å². The molecule has 3 aromatic rings. The summed E-state index contributed by atoms with van der Waals surface area (Å²) in [7, 11) is 0. The molecule has 0 atom stereocenters. The number of rotatable bonds is 2. The van der Waals surface area contributed by atoms with Gasteiger partial charge in [-0.15, -0.1) is 0 Å². The van der Waals surface area contributed by atoms with Gasteiger partial charge in [-0.2, -0.15) is 10.4 Å². The second kappa shape index (κ2) is 4.50. The van der Waals surface area contributed by atoms with Crippen molar-refractivity contribution in [2.75, 3.05) is 0 Å². The van der Waals surface area contributed by atoms with E-state index in [0.717, 1.165) is 22.3 Å². The highest BCUT2D eigenvalue weighted by Gasteiger charge is 2.09. The van der Waals surface area contributed by atoms with Gasteiger partial charge in [-0.25, -0.2) is 9.97 Å². The van der Waals surface area contributed by atoms with Gasteiger partial charge in [-0.1, -0.05) is 12.1 Å². The summed E-state index contributed by atoms with van der Waals surface area (Å²) in [5, 5.41) is 14.3. The van der Waals surface area contributed by atoms with Crippen LogP contribution in [0.5, 0.6) is 0 Å². The van der Waals surface area contributed by atoms with Crippen LogP contribution in [0.25, 0.3) is 10.9 Å². The summed E-state index contributed by atoms with van der Waals surface area (Å²) in [5.74, 6) is 0.742. The van der Waals surface area contributed by atoms with Gasteiger partial charge in [0.15, 0.2) is 5.69 Å². The Morgan fingerprint density at radius 2 is 1.95 bits per heavy atom. The van der Waals surface area contributed by atoms with Gasteiger partial charge in [0.1, 0.15) is 11.9 Å². The molecule has 0 aliphatic carbocycles. The van der Waals surface area contributed by atoms with Crippen molar-refractivity contribution in [3.63, 3.8) is 0 Å². The van der Waals surface area contributed by atoms with Crippen LogP contribution in [-0.2, 0) is 6.54 Å². The summed E-state index contributed by atoms with van der Waals surface area (Å²) in [6, 6.07) is 9.83. The SMILES string of the molecule is Cc1ncc(Cn2nc(C#N)c3ccccc32)cn1. The molecule has 0 bridgehead atoms. The Balaban J connectivity index is 2.06. The quantitative estimate of drug-likeness (QED) is 0.697. The van der Waals surface area contributed by atoms with E-state index in [9.17, 15) is 0 Å². The van der Waals surface area contributed by atoms with Crippen molar-refractivity contribution in [2.24, 2.45) is 0 Å². The van der Waals surface area contributed by atoms with Crippen LogP contribution < -0.4 is 0 Å². The molecule has 0 N–H and O–H groups in total. The van der Waals surface area contributed by atoms with Crippen LogP contribution >= 0.6 is 0 Å². The molecule has 5 nitrogen and oxygen atoms in total. The second-order valence-electron chi connectivity index (χ2n) is 4.27. The van der Waals surface area contributed by atoms with Crippen molar-refractivity contribution in [3.8, 4) is 6.07 Å². The molecule has 0 saturated heterocycles. The minimum absolute atomic E-state index is 0.448. The molecular weight excluding hydrogens is 238 g/mol. The van der Waals surface area contributed by atoms with Gasteiger partial charge in [0.25, 0.3) is 0 Å². The average Bonchev–Trinajstić information content (AvgIpc) is 2.80.